The second-order valence-electron chi connectivity index (χ2n) is 7.55. The largest absolute Gasteiger partial charge is 0.379 e. The van der Waals surface area contributed by atoms with Crippen molar-refractivity contribution in [2.24, 2.45) is 0 Å². The molecule has 0 spiro atoms. The maximum atomic E-state index is 14.1. The van der Waals surface area contributed by atoms with E-state index in [1.165, 1.54) is 22.6 Å². The smallest absolute Gasteiger partial charge is 0.244 e. The predicted octanol–water partition coefficient (Wildman–Crippen LogP) is 1.44. The molecule has 0 N–H and O–H groups in total. The molecule has 3 heterocycles. The summed E-state index contributed by atoms with van der Waals surface area (Å²) in [5.41, 5.74) is 0.967. The molecule has 0 atom stereocenters. The number of sulfonamides is 1. The van der Waals surface area contributed by atoms with Gasteiger partial charge in [0.15, 0.2) is 0 Å². The normalized spacial score (nSPS) is 18.6. The second kappa shape index (κ2) is 9.28. The molecule has 2 aromatic rings. The van der Waals surface area contributed by atoms with Crippen LogP contribution in [0.4, 0.5) is 10.2 Å². The number of morpholine rings is 1. The first-order chi connectivity index (χ1) is 15.0. The third-order valence-electron chi connectivity index (χ3n) is 5.59. The van der Waals surface area contributed by atoms with Crippen LogP contribution in [0.15, 0.2) is 41.4 Å². The summed E-state index contributed by atoms with van der Waals surface area (Å²) in [6.45, 7) is 4.77. The third kappa shape index (κ3) is 4.85. The lowest BCUT2D eigenvalue weighted by Gasteiger charge is -2.35. The van der Waals surface area contributed by atoms with Gasteiger partial charge in [0.05, 0.1) is 24.8 Å². The van der Waals surface area contributed by atoms with Gasteiger partial charge in [0.25, 0.3) is 0 Å². The van der Waals surface area contributed by atoms with E-state index in [0.717, 1.165) is 5.82 Å². The zero-order valence-electron chi connectivity index (χ0n) is 17.1. The van der Waals surface area contributed by atoms with E-state index in [1.807, 2.05) is 6.07 Å². The Morgan fingerprint density at radius 2 is 1.81 bits per heavy atom. The van der Waals surface area contributed by atoms with E-state index in [0.29, 0.717) is 70.2 Å². The quantitative estimate of drug-likeness (QED) is 0.688. The molecule has 0 radical (unpaired) electrons. The van der Waals surface area contributed by atoms with Crippen LogP contribution in [0.2, 0.25) is 0 Å². The fraction of sp³-hybridized carbons (Fsp3) is 0.429. The fourth-order valence-electron chi connectivity index (χ4n) is 3.79. The summed E-state index contributed by atoms with van der Waals surface area (Å²) in [6, 6.07) is 9.78. The van der Waals surface area contributed by atoms with Crippen molar-refractivity contribution in [3.63, 3.8) is 0 Å². The van der Waals surface area contributed by atoms with E-state index in [4.69, 9.17) is 10.00 Å². The van der Waals surface area contributed by atoms with E-state index in [1.54, 1.807) is 18.2 Å². The Morgan fingerprint density at radius 1 is 1.06 bits per heavy atom. The molecule has 164 valence electrons. The minimum absolute atomic E-state index is 0.185. The van der Waals surface area contributed by atoms with Gasteiger partial charge in [-0.1, -0.05) is 0 Å². The number of hydrogen-bond acceptors (Lipinski definition) is 7. The Hall–Kier alpha value is -2.58. The van der Waals surface area contributed by atoms with Crippen LogP contribution >= 0.6 is 0 Å². The Kier molecular flexibility index (Phi) is 6.48. The Bertz CT molecular complexity index is 1060. The van der Waals surface area contributed by atoms with Gasteiger partial charge in [-0.05, 0) is 30.3 Å². The number of nitriles is 1. The standard InChI is InChI=1S/C21H24FN5O3S/c22-20-3-1-17(14-23)13-18(20)16-25-5-7-26(8-6-25)21-4-2-19(15-24-21)31(28,29)27-9-11-30-12-10-27/h1-4,13,15H,5-12,16H2. The van der Waals surface area contributed by atoms with Crippen molar-refractivity contribution in [1.29, 1.82) is 5.26 Å². The Labute approximate surface area is 181 Å². The SMILES string of the molecule is N#Cc1ccc(F)c(CN2CCN(c3ccc(S(=O)(=O)N4CCOCC4)cn3)CC2)c1. The fourth-order valence-corrected chi connectivity index (χ4v) is 5.14. The average Bonchev–Trinajstić information content (AvgIpc) is 2.81. The van der Waals surface area contributed by atoms with Crippen molar-refractivity contribution in [3.05, 3.63) is 53.5 Å². The van der Waals surface area contributed by atoms with Gasteiger partial charge in [-0.25, -0.2) is 17.8 Å². The van der Waals surface area contributed by atoms with Crippen molar-refractivity contribution in [1.82, 2.24) is 14.2 Å². The highest BCUT2D eigenvalue weighted by molar-refractivity contribution is 7.89. The maximum Gasteiger partial charge on any atom is 0.244 e. The van der Waals surface area contributed by atoms with Gasteiger partial charge in [-0.2, -0.15) is 9.57 Å². The number of nitrogens with zero attached hydrogens (tertiary/aromatic N) is 5. The molecule has 0 aliphatic carbocycles. The molecular weight excluding hydrogens is 421 g/mol. The molecule has 0 saturated carbocycles. The molecule has 4 rings (SSSR count). The Morgan fingerprint density at radius 3 is 2.45 bits per heavy atom. The lowest BCUT2D eigenvalue weighted by Crippen LogP contribution is -2.46. The first-order valence-electron chi connectivity index (χ1n) is 10.2. The molecule has 2 aliphatic heterocycles. The molecular formula is C21H24FN5O3S. The van der Waals surface area contributed by atoms with E-state index >= 15 is 0 Å². The number of ether oxygens (including phenoxy) is 1. The monoisotopic (exact) mass is 445 g/mol. The number of halogens is 1. The first-order valence-corrected chi connectivity index (χ1v) is 11.6. The number of piperazine rings is 1. The van der Waals surface area contributed by atoms with E-state index in [-0.39, 0.29) is 10.7 Å². The summed E-state index contributed by atoms with van der Waals surface area (Å²) < 4.78 is 46.2. The van der Waals surface area contributed by atoms with Crippen molar-refractivity contribution >= 4 is 15.8 Å². The Balaban J connectivity index is 1.36. The minimum atomic E-state index is -3.56. The maximum absolute atomic E-state index is 14.1. The van der Waals surface area contributed by atoms with Crippen LogP contribution in [0.1, 0.15) is 11.1 Å². The highest BCUT2D eigenvalue weighted by atomic mass is 32.2. The number of aromatic nitrogens is 1. The summed E-state index contributed by atoms with van der Waals surface area (Å²) in [5.74, 6) is 0.415. The molecule has 2 aliphatic rings. The average molecular weight is 446 g/mol. The predicted molar refractivity (Wildman–Crippen MR) is 112 cm³/mol. The highest BCUT2D eigenvalue weighted by Gasteiger charge is 2.27. The second-order valence-corrected chi connectivity index (χ2v) is 9.49. The molecule has 1 aromatic carbocycles. The third-order valence-corrected chi connectivity index (χ3v) is 7.48. The van der Waals surface area contributed by atoms with Gasteiger partial charge < -0.3 is 9.64 Å². The molecule has 0 unspecified atom stereocenters. The van der Waals surface area contributed by atoms with Crippen molar-refractivity contribution in [2.75, 3.05) is 57.4 Å². The lowest BCUT2D eigenvalue weighted by atomic mass is 10.1. The van der Waals surface area contributed by atoms with Crippen molar-refractivity contribution < 1.29 is 17.5 Å². The number of hydrogen-bond donors (Lipinski definition) is 0. The zero-order chi connectivity index (χ0) is 21.8. The van der Waals surface area contributed by atoms with Crippen molar-refractivity contribution in [3.8, 4) is 6.07 Å². The van der Waals surface area contributed by atoms with Crippen LogP contribution in [0.25, 0.3) is 0 Å². The van der Waals surface area contributed by atoms with Crippen LogP contribution in [-0.4, -0.2) is 75.1 Å². The molecule has 10 heteroatoms. The number of anilines is 1. The van der Waals surface area contributed by atoms with Gasteiger partial charge in [0.1, 0.15) is 16.5 Å². The van der Waals surface area contributed by atoms with Crippen LogP contribution in [-0.2, 0) is 21.3 Å². The van der Waals surface area contributed by atoms with Gasteiger partial charge in [0, 0.05) is 57.6 Å². The topological polar surface area (TPSA) is 89.8 Å². The van der Waals surface area contributed by atoms with Crippen LogP contribution in [0.3, 0.4) is 0 Å². The van der Waals surface area contributed by atoms with Gasteiger partial charge >= 0.3 is 0 Å². The highest BCUT2D eigenvalue weighted by Crippen LogP contribution is 2.21. The molecule has 2 saturated heterocycles. The number of benzene rings is 1. The molecule has 0 bridgehead atoms. The van der Waals surface area contributed by atoms with Gasteiger partial charge in [-0.3, -0.25) is 4.90 Å². The number of pyridine rings is 1. The first kappa shape index (κ1) is 21.6. The van der Waals surface area contributed by atoms with Gasteiger partial charge in [0.2, 0.25) is 10.0 Å². The molecule has 1 aromatic heterocycles. The summed E-state index contributed by atoms with van der Waals surface area (Å²) in [7, 11) is -3.56. The van der Waals surface area contributed by atoms with Crippen LogP contribution < -0.4 is 4.90 Å². The van der Waals surface area contributed by atoms with Crippen LogP contribution in [0.5, 0.6) is 0 Å². The minimum Gasteiger partial charge on any atom is -0.379 e. The van der Waals surface area contributed by atoms with E-state index in [9.17, 15) is 12.8 Å². The molecule has 8 nitrogen and oxygen atoms in total. The molecule has 0 amide bonds. The molecule has 31 heavy (non-hydrogen) atoms. The number of rotatable bonds is 5. The van der Waals surface area contributed by atoms with Crippen LogP contribution in [0, 0.1) is 17.1 Å². The van der Waals surface area contributed by atoms with Gasteiger partial charge in [-0.15, -0.1) is 0 Å². The van der Waals surface area contributed by atoms with E-state index in [2.05, 4.69) is 14.8 Å². The summed E-state index contributed by atoms with van der Waals surface area (Å²) in [4.78, 5) is 8.79. The zero-order valence-corrected chi connectivity index (χ0v) is 17.9. The lowest BCUT2D eigenvalue weighted by molar-refractivity contribution is 0.0730. The van der Waals surface area contributed by atoms with Crippen molar-refractivity contribution in [2.45, 2.75) is 11.4 Å². The summed E-state index contributed by atoms with van der Waals surface area (Å²) in [5, 5.41) is 9.02. The summed E-state index contributed by atoms with van der Waals surface area (Å²) >= 11 is 0. The molecule has 2 fully saturated rings. The van der Waals surface area contributed by atoms with E-state index < -0.39 is 10.0 Å². The summed E-state index contributed by atoms with van der Waals surface area (Å²) in [6.07, 6.45) is 1.41.